The molecule has 2 amide bonds. The van der Waals surface area contributed by atoms with E-state index in [0.29, 0.717) is 16.9 Å². The number of hydrogen-bond acceptors (Lipinski definition) is 2. The molecule has 98 valence electrons. The molecule has 0 spiro atoms. The first-order valence-electron chi connectivity index (χ1n) is 5.87. The Kier molecular flexibility index (Phi) is 3.66. The van der Waals surface area contributed by atoms with E-state index in [2.05, 4.69) is 10.6 Å². The van der Waals surface area contributed by atoms with Gasteiger partial charge in [0.2, 0.25) is 0 Å². The van der Waals surface area contributed by atoms with Crippen molar-refractivity contribution in [3.05, 3.63) is 53.9 Å². The Morgan fingerprint density at radius 2 is 1.79 bits per heavy atom. The quantitative estimate of drug-likeness (QED) is 0.878. The smallest absolute Gasteiger partial charge is 0.272 e. The maximum absolute atomic E-state index is 12.1. The molecule has 2 rings (SSSR count). The van der Waals surface area contributed by atoms with E-state index in [9.17, 15) is 9.59 Å². The van der Waals surface area contributed by atoms with Gasteiger partial charge in [-0.1, -0.05) is 12.1 Å². The molecule has 1 heterocycles. The zero-order valence-corrected chi connectivity index (χ0v) is 10.8. The lowest BCUT2D eigenvalue weighted by Gasteiger charge is -2.10. The zero-order chi connectivity index (χ0) is 13.8. The first kappa shape index (κ1) is 12.9. The minimum absolute atomic E-state index is 0.234. The average molecular weight is 257 g/mol. The summed E-state index contributed by atoms with van der Waals surface area (Å²) in [5, 5.41) is 5.29. The second-order valence-electron chi connectivity index (χ2n) is 4.08. The predicted octanol–water partition coefficient (Wildman–Crippen LogP) is 1.64. The summed E-state index contributed by atoms with van der Waals surface area (Å²) in [6, 6.07) is 10.4. The molecule has 0 unspecified atom stereocenters. The Labute approximate surface area is 111 Å². The van der Waals surface area contributed by atoms with Crippen molar-refractivity contribution in [1.82, 2.24) is 9.88 Å². The van der Waals surface area contributed by atoms with Crippen LogP contribution in [0.5, 0.6) is 0 Å². The molecule has 2 N–H and O–H groups in total. The van der Waals surface area contributed by atoms with Gasteiger partial charge >= 0.3 is 0 Å². The minimum atomic E-state index is -0.246. The van der Waals surface area contributed by atoms with Gasteiger partial charge in [0.05, 0.1) is 11.3 Å². The van der Waals surface area contributed by atoms with Gasteiger partial charge in [0.25, 0.3) is 11.8 Å². The molecule has 0 bridgehead atoms. The molecule has 1 aromatic carbocycles. The van der Waals surface area contributed by atoms with Crippen molar-refractivity contribution < 1.29 is 9.59 Å². The third-order valence-electron chi connectivity index (χ3n) is 2.82. The highest BCUT2D eigenvalue weighted by Crippen LogP contribution is 2.16. The lowest BCUT2D eigenvalue weighted by Crippen LogP contribution is -2.22. The molecule has 0 radical (unpaired) electrons. The fourth-order valence-corrected chi connectivity index (χ4v) is 1.81. The van der Waals surface area contributed by atoms with Crippen molar-refractivity contribution in [2.45, 2.75) is 0 Å². The number of carbonyl (C=O) groups excluding carboxylic acids is 2. The van der Waals surface area contributed by atoms with Crippen LogP contribution in [0.3, 0.4) is 0 Å². The first-order chi connectivity index (χ1) is 9.13. The van der Waals surface area contributed by atoms with Gasteiger partial charge in [0, 0.05) is 20.3 Å². The first-order valence-corrected chi connectivity index (χ1v) is 5.87. The van der Waals surface area contributed by atoms with Crippen LogP contribution in [0.4, 0.5) is 5.69 Å². The highest BCUT2D eigenvalue weighted by Gasteiger charge is 2.14. The maximum Gasteiger partial charge on any atom is 0.272 e. The number of rotatable bonds is 3. The Morgan fingerprint density at radius 1 is 1.05 bits per heavy atom. The van der Waals surface area contributed by atoms with Crippen molar-refractivity contribution in [1.29, 1.82) is 0 Å². The molecule has 5 heteroatoms. The van der Waals surface area contributed by atoms with Gasteiger partial charge in [-0.3, -0.25) is 9.59 Å². The molecule has 19 heavy (non-hydrogen) atoms. The van der Waals surface area contributed by atoms with E-state index >= 15 is 0 Å². The molecule has 0 aliphatic rings. The van der Waals surface area contributed by atoms with Crippen LogP contribution in [-0.4, -0.2) is 23.4 Å². The van der Waals surface area contributed by atoms with E-state index in [1.165, 1.54) is 0 Å². The number of benzene rings is 1. The fourth-order valence-electron chi connectivity index (χ4n) is 1.81. The molecular formula is C14H15N3O2. The standard InChI is InChI=1S/C14H15N3O2/c1-15-13(18)10-6-3-4-7-11(10)16-14(19)12-8-5-9-17(12)2/h3-9H,1-2H3,(H,15,18)(H,16,19). The summed E-state index contributed by atoms with van der Waals surface area (Å²) in [6.07, 6.45) is 1.79. The van der Waals surface area contributed by atoms with Crippen LogP contribution in [-0.2, 0) is 7.05 Å². The molecule has 0 atom stereocenters. The average Bonchev–Trinajstić information content (AvgIpc) is 2.85. The predicted molar refractivity (Wildman–Crippen MR) is 73.2 cm³/mol. The van der Waals surface area contributed by atoms with Crippen molar-refractivity contribution in [2.24, 2.45) is 7.05 Å². The fraction of sp³-hybridized carbons (Fsp3) is 0.143. The number of carbonyl (C=O) groups is 2. The van der Waals surface area contributed by atoms with E-state index in [0.717, 1.165) is 0 Å². The third-order valence-corrected chi connectivity index (χ3v) is 2.82. The van der Waals surface area contributed by atoms with Gasteiger partial charge in [0.1, 0.15) is 5.69 Å². The maximum atomic E-state index is 12.1. The van der Waals surface area contributed by atoms with Gasteiger partial charge in [-0.15, -0.1) is 0 Å². The van der Waals surface area contributed by atoms with Gasteiger partial charge < -0.3 is 15.2 Å². The summed E-state index contributed by atoms with van der Waals surface area (Å²) in [5.74, 6) is -0.480. The van der Waals surface area contributed by atoms with E-state index in [4.69, 9.17) is 0 Å². The van der Waals surface area contributed by atoms with Crippen LogP contribution in [0.15, 0.2) is 42.6 Å². The van der Waals surface area contributed by atoms with E-state index in [1.54, 1.807) is 61.3 Å². The SMILES string of the molecule is CNC(=O)c1ccccc1NC(=O)c1cccn1C. The van der Waals surface area contributed by atoms with Gasteiger partial charge in [-0.2, -0.15) is 0 Å². The van der Waals surface area contributed by atoms with Crippen molar-refractivity contribution in [3.63, 3.8) is 0 Å². The van der Waals surface area contributed by atoms with Crippen LogP contribution in [0.1, 0.15) is 20.8 Å². The number of nitrogens with zero attached hydrogens (tertiary/aromatic N) is 1. The topological polar surface area (TPSA) is 63.1 Å². The van der Waals surface area contributed by atoms with Crippen LogP contribution < -0.4 is 10.6 Å². The molecular weight excluding hydrogens is 242 g/mol. The van der Waals surface area contributed by atoms with Crippen LogP contribution >= 0.6 is 0 Å². The third kappa shape index (κ3) is 2.65. The Morgan fingerprint density at radius 3 is 2.42 bits per heavy atom. The zero-order valence-electron chi connectivity index (χ0n) is 10.8. The van der Waals surface area contributed by atoms with E-state index in [-0.39, 0.29) is 11.8 Å². The lowest BCUT2D eigenvalue weighted by molar-refractivity contribution is 0.0964. The number of hydrogen-bond donors (Lipinski definition) is 2. The Hall–Kier alpha value is -2.56. The van der Waals surface area contributed by atoms with Crippen molar-refractivity contribution in [2.75, 3.05) is 12.4 Å². The molecule has 0 saturated carbocycles. The second kappa shape index (κ2) is 5.39. The van der Waals surface area contributed by atoms with Gasteiger partial charge in [0.15, 0.2) is 0 Å². The minimum Gasteiger partial charge on any atom is -0.355 e. The molecule has 2 aromatic rings. The van der Waals surface area contributed by atoms with Gasteiger partial charge in [-0.25, -0.2) is 0 Å². The number of nitrogens with one attached hydrogen (secondary N) is 2. The normalized spacial score (nSPS) is 10.0. The Bertz CT molecular complexity index is 617. The highest BCUT2D eigenvalue weighted by atomic mass is 16.2. The summed E-state index contributed by atoms with van der Waals surface area (Å²) in [4.78, 5) is 23.8. The number of para-hydroxylation sites is 1. The Balaban J connectivity index is 2.27. The molecule has 1 aromatic heterocycles. The molecule has 0 aliphatic carbocycles. The highest BCUT2D eigenvalue weighted by molar-refractivity contribution is 6.08. The summed E-state index contributed by atoms with van der Waals surface area (Å²) in [6.45, 7) is 0. The number of anilines is 1. The van der Waals surface area contributed by atoms with Crippen LogP contribution in [0.2, 0.25) is 0 Å². The lowest BCUT2D eigenvalue weighted by atomic mass is 10.1. The van der Waals surface area contributed by atoms with E-state index < -0.39 is 0 Å². The summed E-state index contributed by atoms with van der Waals surface area (Å²) < 4.78 is 1.72. The molecule has 0 fully saturated rings. The molecule has 5 nitrogen and oxygen atoms in total. The van der Waals surface area contributed by atoms with Crippen LogP contribution in [0, 0.1) is 0 Å². The number of aryl methyl sites for hydroxylation is 1. The second-order valence-corrected chi connectivity index (χ2v) is 4.08. The number of amides is 2. The summed E-state index contributed by atoms with van der Waals surface area (Å²) in [7, 11) is 3.34. The molecule has 0 aliphatic heterocycles. The summed E-state index contributed by atoms with van der Waals surface area (Å²) >= 11 is 0. The van der Waals surface area contributed by atoms with Crippen LogP contribution in [0.25, 0.3) is 0 Å². The van der Waals surface area contributed by atoms with E-state index in [1.807, 2.05) is 0 Å². The monoisotopic (exact) mass is 257 g/mol. The van der Waals surface area contributed by atoms with Gasteiger partial charge in [-0.05, 0) is 24.3 Å². The van der Waals surface area contributed by atoms with Crippen molar-refractivity contribution in [3.8, 4) is 0 Å². The number of aromatic nitrogens is 1. The van der Waals surface area contributed by atoms with Crippen molar-refractivity contribution >= 4 is 17.5 Å². The summed E-state index contributed by atoms with van der Waals surface area (Å²) in [5.41, 5.74) is 1.47. The largest absolute Gasteiger partial charge is 0.355 e. The molecule has 0 saturated heterocycles.